The number of nitrogen functional groups attached to an aromatic ring is 1. The van der Waals surface area contributed by atoms with Gasteiger partial charge >= 0.3 is 0 Å². The van der Waals surface area contributed by atoms with E-state index < -0.39 is 0 Å². The van der Waals surface area contributed by atoms with Crippen LogP contribution in [0, 0.1) is 0 Å². The highest BCUT2D eigenvalue weighted by Crippen LogP contribution is 2.17. The van der Waals surface area contributed by atoms with Crippen LogP contribution in [0.3, 0.4) is 0 Å². The van der Waals surface area contributed by atoms with E-state index in [1.54, 1.807) is 24.7 Å². The monoisotopic (exact) mass is 218 g/mol. The summed E-state index contributed by atoms with van der Waals surface area (Å²) in [6.07, 6.45) is 6.05. The highest BCUT2D eigenvalue weighted by Gasteiger charge is 2.11. The van der Waals surface area contributed by atoms with Gasteiger partial charge in [-0.3, -0.25) is 0 Å². The average Bonchev–Trinajstić information content (AvgIpc) is 2.79. The minimum Gasteiger partial charge on any atom is -0.368 e. The molecule has 0 aliphatic rings. The van der Waals surface area contributed by atoms with Gasteiger partial charge in [0.05, 0.1) is 6.04 Å². The lowest BCUT2D eigenvalue weighted by atomic mass is 10.2. The molecule has 2 rings (SSSR count). The van der Waals surface area contributed by atoms with Crippen molar-refractivity contribution in [1.29, 1.82) is 0 Å². The van der Waals surface area contributed by atoms with E-state index in [2.05, 4.69) is 32.2 Å². The molecule has 0 aliphatic carbocycles. The molecular weight excluding hydrogens is 204 g/mol. The third-order valence-electron chi connectivity index (χ3n) is 2.25. The molecule has 4 N–H and O–H groups in total. The van der Waals surface area contributed by atoms with Crippen molar-refractivity contribution in [3.63, 3.8) is 0 Å². The lowest BCUT2D eigenvalue weighted by Crippen LogP contribution is -2.13. The van der Waals surface area contributed by atoms with Crippen LogP contribution in [0.5, 0.6) is 0 Å². The molecule has 84 valence electrons. The number of hydrogen-bond acceptors (Lipinski definition) is 5. The highest BCUT2D eigenvalue weighted by atomic mass is 15.1. The summed E-state index contributed by atoms with van der Waals surface area (Å²) in [5, 5.41) is 3.25. The first-order valence-electron chi connectivity index (χ1n) is 5.14. The van der Waals surface area contributed by atoms with E-state index in [0.29, 0.717) is 5.82 Å². The fraction of sp³-hybridized carbons (Fsp3) is 0.300. The van der Waals surface area contributed by atoms with E-state index in [4.69, 9.17) is 5.73 Å². The fourth-order valence-electron chi connectivity index (χ4n) is 1.46. The molecule has 1 atom stereocenters. The largest absolute Gasteiger partial charge is 0.368 e. The molecule has 0 aliphatic heterocycles. The van der Waals surface area contributed by atoms with Gasteiger partial charge in [0.15, 0.2) is 0 Å². The molecule has 0 radical (unpaired) electrons. The zero-order valence-corrected chi connectivity index (χ0v) is 9.01. The summed E-state index contributed by atoms with van der Waals surface area (Å²) in [4.78, 5) is 15.2. The smallest absolute Gasteiger partial charge is 0.221 e. The maximum absolute atomic E-state index is 5.51. The van der Waals surface area contributed by atoms with Gasteiger partial charge < -0.3 is 16.0 Å². The zero-order valence-electron chi connectivity index (χ0n) is 9.01. The molecule has 0 saturated heterocycles. The van der Waals surface area contributed by atoms with Crippen molar-refractivity contribution in [2.24, 2.45) is 0 Å². The summed E-state index contributed by atoms with van der Waals surface area (Å²) in [7, 11) is 0. The Morgan fingerprint density at radius 1 is 1.44 bits per heavy atom. The third kappa shape index (κ3) is 2.28. The molecule has 0 fully saturated rings. The Bertz CT molecular complexity index is 438. The minimum atomic E-state index is 0.101. The molecule has 0 spiro atoms. The summed E-state index contributed by atoms with van der Waals surface area (Å²) in [6.45, 7) is 2.07. The number of hydrogen-bond donors (Lipinski definition) is 3. The Kier molecular flexibility index (Phi) is 3.00. The van der Waals surface area contributed by atoms with Gasteiger partial charge in [-0.1, -0.05) is 6.92 Å². The summed E-state index contributed by atoms with van der Waals surface area (Å²) in [5.41, 5.74) is 5.51. The van der Waals surface area contributed by atoms with Gasteiger partial charge in [0.1, 0.15) is 11.6 Å². The van der Waals surface area contributed by atoms with E-state index in [9.17, 15) is 0 Å². The normalized spacial score (nSPS) is 12.3. The van der Waals surface area contributed by atoms with Crippen LogP contribution in [0.15, 0.2) is 24.7 Å². The first-order chi connectivity index (χ1) is 7.79. The van der Waals surface area contributed by atoms with Gasteiger partial charge in [0, 0.05) is 18.6 Å². The Morgan fingerprint density at radius 2 is 2.31 bits per heavy atom. The predicted molar refractivity (Wildman–Crippen MR) is 61.7 cm³/mol. The van der Waals surface area contributed by atoms with Gasteiger partial charge in [0.2, 0.25) is 5.95 Å². The van der Waals surface area contributed by atoms with Gasteiger partial charge in [-0.2, -0.15) is 4.98 Å². The fourth-order valence-corrected chi connectivity index (χ4v) is 1.46. The number of aromatic nitrogens is 4. The number of imidazole rings is 1. The van der Waals surface area contributed by atoms with Crippen LogP contribution in [-0.4, -0.2) is 19.9 Å². The van der Waals surface area contributed by atoms with Gasteiger partial charge in [-0.15, -0.1) is 0 Å². The lowest BCUT2D eigenvalue weighted by molar-refractivity contribution is 0.700. The first-order valence-corrected chi connectivity index (χ1v) is 5.14. The predicted octanol–water partition coefficient (Wildman–Crippen LogP) is 1.35. The van der Waals surface area contributed by atoms with Crippen LogP contribution in [0.2, 0.25) is 0 Å². The number of aromatic amines is 1. The lowest BCUT2D eigenvalue weighted by Gasteiger charge is -2.14. The molecule has 0 saturated carbocycles. The molecule has 0 bridgehead atoms. The van der Waals surface area contributed by atoms with Crippen molar-refractivity contribution < 1.29 is 0 Å². The standard InChI is InChI=1S/C10H14N6/c1-2-7(9-12-5-6-13-9)15-8-3-4-14-10(11)16-8/h3-7H,2H2,1H3,(H,12,13)(H3,11,14,15,16). The molecule has 6 heteroatoms. The second-order valence-electron chi connectivity index (χ2n) is 3.38. The maximum atomic E-state index is 5.51. The molecule has 0 amide bonds. The first kappa shape index (κ1) is 10.4. The number of anilines is 2. The molecule has 2 aromatic rings. The minimum absolute atomic E-state index is 0.101. The van der Waals surface area contributed by atoms with E-state index in [0.717, 1.165) is 12.2 Å². The number of nitrogens with one attached hydrogen (secondary N) is 2. The van der Waals surface area contributed by atoms with Crippen molar-refractivity contribution >= 4 is 11.8 Å². The topological polar surface area (TPSA) is 92.5 Å². The number of rotatable bonds is 4. The van der Waals surface area contributed by atoms with E-state index in [1.165, 1.54) is 0 Å². The highest BCUT2D eigenvalue weighted by molar-refractivity contribution is 5.39. The van der Waals surface area contributed by atoms with Crippen molar-refractivity contribution in [3.05, 3.63) is 30.5 Å². The van der Waals surface area contributed by atoms with Crippen LogP contribution < -0.4 is 11.1 Å². The molecular formula is C10H14N6. The average molecular weight is 218 g/mol. The SMILES string of the molecule is CCC(Nc1ccnc(N)n1)c1ncc[nH]1. The van der Waals surface area contributed by atoms with Crippen molar-refractivity contribution in [3.8, 4) is 0 Å². The van der Waals surface area contributed by atoms with Gasteiger partial charge in [-0.05, 0) is 12.5 Å². The number of nitrogens with two attached hydrogens (primary N) is 1. The van der Waals surface area contributed by atoms with Crippen LogP contribution in [0.4, 0.5) is 11.8 Å². The van der Waals surface area contributed by atoms with Crippen molar-refractivity contribution in [2.75, 3.05) is 11.1 Å². The Hall–Kier alpha value is -2.11. The van der Waals surface area contributed by atoms with Crippen molar-refractivity contribution in [2.45, 2.75) is 19.4 Å². The molecule has 6 nitrogen and oxygen atoms in total. The number of nitrogens with zero attached hydrogens (tertiary/aromatic N) is 3. The van der Waals surface area contributed by atoms with Gasteiger partial charge in [0.25, 0.3) is 0 Å². The number of H-pyrrole nitrogens is 1. The molecule has 1 unspecified atom stereocenters. The van der Waals surface area contributed by atoms with Crippen LogP contribution in [0.25, 0.3) is 0 Å². The van der Waals surface area contributed by atoms with Gasteiger partial charge in [-0.25, -0.2) is 9.97 Å². The zero-order chi connectivity index (χ0) is 11.4. The Morgan fingerprint density at radius 3 is 2.94 bits per heavy atom. The van der Waals surface area contributed by atoms with Crippen LogP contribution >= 0.6 is 0 Å². The Labute approximate surface area is 93.3 Å². The summed E-state index contributed by atoms with van der Waals surface area (Å²) in [5.74, 6) is 1.86. The van der Waals surface area contributed by atoms with E-state index in [1.807, 2.05) is 0 Å². The molecule has 0 aromatic carbocycles. The Balaban J connectivity index is 2.13. The molecule has 2 aromatic heterocycles. The van der Waals surface area contributed by atoms with Crippen LogP contribution in [0.1, 0.15) is 25.2 Å². The summed E-state index contributed by atoms with van der Waals surface area (Å²) in [6, 6.07) is 1.88. The second-order valence-corrected chi connectivity index (χ2v) is 3.38. The quantitative estimate of drug-likeness (QED) is 0.720. The third-order valence-corrected chi connectivity index (χ3v) is 2.25. The molecule has 2 heterocycles. The van der Waals surface area contributed by atoms with E-state index >= 15 is 0 Å². The van der Waals surface area contributed by atoms with E-state index in [-0.39, 0.29) is 12.0 Å². The van der Waals surface area contributed by atoms with Crippen LogP contribution in [-0.2, 0) is 0 Å². The van der Waals surface area contributed by atoms with Crippen molar-refractivity contribution in [1.82, 2.24) is 19.9 Å². The molecule has 16 heavy (non-hydrogen) atoms. The summed E-state index contributed by atoms with van der Waals surface area (Å²) < 4.78 is 0. The maximum Gasteiger partial charge on any atom is 0.221 e. The second kappa shape index (κ2) is 4.61. The summed E-state index contributed by atoms with van der Waals surface area (Å²) >= 11 is 0.